The van der Waals surface area contributed by atoms with Gasteiger partial charge in [-0.05, 0) is 61.7 Å². The summed E-state index contributed by atoms with van der Waals surface area (Å²) in [6.45, 7) is 0. The summed E-state index contributed by atoms with van der Waals surface area (Å²) in [4.78, 5) is 11.8. The quantitative estimate of drug-likeness (QED) is 0.262. The van der Waals surface area contributed by atoms with Crippen molar-refractivity contribution >= 4 is 29.5 Å². The highest BCUT2D eigenvalue weighted by Gasteiger charge is 2.32. The summed E-state index contributed by atoms with van der Waals surface area (Å²) in [5.74, 6) is 0.795. The van der Waals surface area contributed by atoms with Crippen LogP contribution in [0.25, 0.3) is 0 Å². The minimum absolute atomic E-state index is 0.0443. The third-order valence-corrected chi connectivity index (χ3v) is 4.84. The fourth-order valence-corrected chi connectivity index (χ4v) is 3.21. The molecule has 0 aromatic heterocycles. The number of carbonyl (C=O) groups excluding carboxylic acids is 1. The number of nitrogens with zero attached hydrogens (tertiary/aromatic N) is 1. The molecule has 0 atom stereocenters. The van der Waals surface area contributed by atoms with Crippen LogP contribution in [0, 0.1) is 5.92 Å². The van der Waals surface area contributed by atoms with Crippen LogP contribution in [0.4, 0.5) is 0 Å². The molecule has 2 aliphatic rings. The Balaban J connectivity index is 1.52. The van der Waals surface area contributed by atoms with E-state index in [-0.39, 0.29) is 11.9 Å². The second-order valence-corrected chi connectivity index (χ2v) is 7.19. The van der Waals surface area contributed by atoms with Gasteiger partial charge in [-0.3, -0.25) is 10.2 Å². The van der Waals surface area contributed by atoms with Crippen LogP contribution < -0.4 is 20.2 Å². The molecule has 0 amide bonds. The predicted octanol–water partition coefficient (Wildman–Crippen LogP) is 3.14. The molecule has 0 bridgehead atoms. The summed E-state index contributed by atoms with van der Waals surface area (Å²) in [5.41, 5.74) is 3.67. The van der Waals surface area contributed by atoms with Gasteiger partial charge in [0, 0.05) is 6.04 Å². The molecule has 0 radical (unpaired) electrons. The Hall–Kier alpha value is -2.15. The number of methoxy groups -OCH3 is 1. The molecule has 0 saturated heterocycles. The molecular formula is C19H25N3O3S. The average molecular weight is 375 g/mol. The number of hydrogen-bond acceptors (Lipinski definition) is 5. The number of esters is 1. The maximum Gasteiger partial charge on any atom is 0.314 e. The molecular weight excluding hydrogens is 350 g/mol. The topological polar surface area (TPSA) is 71.9 Å². The Morgan fingerprint density at radius 2 is 1.96 bits per heavy atom. The Kier molecular flexibility index (Phi) is 6.44. The summed E-state index contributed by atoms with van der Waals surface area (Å²) >= 11 is 5.28. The Morgan fingerprint density at radius 3 is 2.65 bits per heavy atom. The van der Waals surface area contributed by atoms with Gasteiger partial charge < -0.3 is 14.8 Å². The van der Waals surface area contributed by atoms with E-state index in [4.69, 9.17) is 21.7 Å². The van der Waals surface area contributed by atoms with E-state index >= 15 is 0 Å². The molecule has 1 aromatic carbocycles. The number of rotatable bonds is 6. The van der Waals surface area contributed by atoms with Gasteiger partial charge in [-0.2, -0.15) is 5.10 Å². The van der Waals surface area contributed by atoms with Crippen LogP contribution in [0.2, 0.25) is 0 Å². The fraction of sp³-hybridized carbons (Fsp3) is 0.526. The van der Waals surface area contributed by atoms with Crippen LogP contribution in [0.15, 0.2) is 23.3 Å². The van der Waals surface area contributed by atoms with Crippen LogP contribution in [0.5, 0.6) is 11.5 Å². The van der Waals surface area contributed by atoms with Gasteiger partial charge in [-0.1, -0.05) is 19.3 Å². The lowest BCUT2D eigenvalue weighted by atomic mass is 9.96. The molecule has 2 N–H and O–H groups in total. The van der Waals surface area contributed by atoms with Gasteiger partial charge in [0.1, 0.15) is 0 Å². The molecule has 2 fully saturated rings. The van der Waals surface area contributed by atoms with Gasteiger partial charge in [0.25, 0.3) is 0 Å². The van der Waals surface area contributed by atoms with Crippen molar-refractivity contribution in [2.24, 2.45) is 11.0 Å². The van der Waals surface area contributed by atoms with Crippen molar-refractivity contribution < 1.29 is 14.3 Å². The molecule has 2 aliphatic carbocycles. The highest BCUT2D eigenvalue weighted by atomic mass is 32.1. The molecule has 1 aromatic rings. The van der Waals surface area contributed by atoms with Crippen LogP contribution in [-0.4, -0.2) is 30.4 Å². The highest BCUT2D eigenvalue weighted by Crippen LogP contribution is 2.34. The van der Waals surface area contributed by atoms with Gasteiger partial charge in [-0.15, -0.1) is 0 Å². The zero-order valence-corrected chi connectivity index (χ0v) is 15.8. The molecule has 26 heavy (non-hydrogen) atoms. The van der Waals surface area contributed by atoms with E-state index in [0.29, 0.717) is 22.7 Å². The standard InChI is InChI=1S/C19H25N3O3S/c1-24-17-11-13(7-10-16(17)25-18(23)14-8-9-14)12-20-22-19(26)21-15-5-3-2-4-6-15/h7,10-12,14-15H,2-6,8-9H2,1H3,(H2,21,22,26)/b20-12-. The lowest BCUT2D eigenvalue weighted by molar-refractivity contribution is -0.135. The van der Waals surface area contributed by atoms with Gasteiger partial charge in [0.15, 0.2) is 16.6 Å². The minimum atomic E-state index is -0.189. The summed E-state index contributed by atoms with van der Waals surface area (Å²) in [7, 11) is 1.55. The number of hydrazone groups is 1. The maximum atomic E-state index is 11.8. The summed E-state index contributed by atoms with van der Waals surface area (Å²) in [6, 6.07) is 5.76. The molecule has 2 saturated carbocycles. The first kappa shape index (κ1) is 18.6. The van der Waals surface area contributed by atoms with E-state index in [1.165, 1.54) is 19.3 Å². The summed E-state index contributed by atoms with van der Waals surface area (Å²) < 4.78 is 10.7. The Labute approximate surface area is 159 Å². The second-order valence-electron chi connectivity index (χ2n) is 6.78. The second kappa shape index (κ2) is 8.98. The normalized spacial score (nSPS) is 17.7. The SMILES string of the molecule is COc1cc(/C=N\NC(=S)NC2CCCCC2)ccc1OC(=O)C1CC1. The molecule has 6 nitrogen and oxygen atoms in total. The van der Waals surface area contributed by atoms with Gasteiger partial charge in [0.2, 0.25) is 0 Å². The van der Waals surface area contributed by atoms with E-state index in [2.05, 4.69) is 15.8 Å². The molecule has 140 valence electrons. The van der Waals surface area contributed by atoms with Crippen molar-refractivity contribution in [1.29, 1.82) is 0 Å². The highest BCUT2D eigenvalue weighted by molar-refractivity contribution is 7.80. The van der Waals surface area contributed by atoms with Crippen LogP contribution in [-0.2, 0) is 4.79 Å². The van der Waals surface area contributed by atoms with Crippen LogP contribution in [0.1, 0.15) is 50.5 Å². The monoisotopic (exact) mass is 375 g/mol. The van der Waals surface area contributed by atoms with Crippen molar-refractivity contribution in [3.63, 3.8) is 0 Å². The molecule has 3 rings (SSSR count). The predicted molar refractivity (Wildman–Crippen MR) is 105 cm³/mol. The first-order chi connectivity index (χ1) is 12.7. The first-order valence-electron chi connectivity index (χ1n) is 9.15. The third kappa shape index (κ3) is 5.42. The fourth-order valence-electron chi connectivity index (χ4n) is 2.99. The van der Waals surface area contributed by atoms with Crippen molar-refractivity contribution in [3.8, 4) is 11.5 Å². The maximum absolute atomic E-state index is 11.8. The van der Waals surface area contributed by atoms with Gasteiger partial charge in [0.05, 0.1) is 19.2 Å². The van der Waals surface area contributed by atoms with E-state index in [1.54, 1.807) is 25.5 Å². The number of nitrogens with one attached hydrogen (secondary N) is 2. The zero-order valence-electron chi connectivity index (χ0n) is 15.0. The lowest BCUT2D eigenvalue weighted by Crippen LogP contribution is -2.40. The Morgan fingerprint density at radius 1 is 1.19 bits per heavy atom. The number of benzene rings is 1. The van der Waals surface area contributed by atoms with E-state index in [1.807, 2.05) is 6.07 Å². The molecule has 0 heterocycles. The number of ether oxygens (including phenoxy) is 2. The smallest absolute Gasteiger partial charge is 0.314 e. The third-order valence-electron chi connectivity index (χ3n) is 4.63. The molecule has 0 spiro atoms. The zero-order chi connectivity index (χ0) is 18.4. The van der Waals surface area contributed by atoms with Crippen molar-refractivity contribution in [2.45, 2.75) is 51.0 Å². The van der Waals surface area contributed by atoms with Crippen molar-refractivity contribution in [3.05, 3.63) is 23.8 Å². The van der Waals surface area contributed by atoms with Gasteiger partial charge >= 0.3 is 5.97 Å². The molecule has 7 heteroatoms. The number of carbonyl (C=O) groups is 1. The average Bonchev–Trinajstić information content (AvgIpc) is 3.49. The van der Waals surface area contributed by atoms with E-state index < -0.39 is 0 Å². The molecule has 0 unspecified atom stereocenters. The van der Waals surface area contributed by atoms with E-state index in [9.17, 15) is 4.79 Å². The first-order valence-corrected chi connectivity index (χ1v) is 9.56. The van der Waals surface area contributed by atoms with Crippen molar-refractivity contribution in [2.75, 3.05) is 7.11 Å². The lowest BCUT2D eigenvalue weighted by Gasteiger charge is -2.23. The summed E-state index contributed by atoms with van der Waals surface area (Å²) in [5, 5.41) is 8.01. The number of thiocarbonyl (C=S) groups is 1. The van der Waals surface area contributed by atoms with Crippen molar-refractivity contribution in [1.82, 2.24) is 10.7 Å². The minimum Gasteiger partial charge on any atom is -0.493 e. The van der Waals surface area contributed by atoms with Crippen LogP contribution >= 0.6 is 12.2 Å². The molecule has 0 aliphatic heterocycles. The number of hydrogen-bond donors (Lipinski definition) is 2. The largest absolute Gasteiger partial charge is 0.493 e. The Bertz CT molecular complexity index is 683. The van der Waals surface area contributed by atoms with Crippen LogP contribution in [0.3, 0.4) is 0 Å². The van der Waals surface area contributed by atoms with E-state index in [0.717, 1.165) is 31.2 Å². The van der Waals surface area contributed by atoms with Gasteiger partial charge in [-0.25, -0.2) is 0 Å². The summed E-state index contributed by atoms with van der Waals surface area (Å²) in [6.07, 6.45) is 9.60.